The molecule has 0 bridgehead atoms. The van der Waals surface area contributed by atoms with Crippen molar-refractivity contribution in [1.29, 1.82) is 0 Å². The highest BCUT2D eigenvalue weighted by molar-refractivity contribution is 7.89. The van der Waals surface area contributed by atoms with Crippen LogP contribution in [0.5, 0.6) is 0 Å². The van der Waals surface area contributed by atoms with Crippen molar-refractivity contribution in [2.75, 3.05) is 19.8 Å². The summed E-state index contributed by atoms with van der Waals surface area (Å²) in [5.74, 6) is 0. The van der Waals surface area contributed by atoms with Crippen LogP contribution in [0.4, 0.5) is 0 Å². The molecule has 3 rings (SSSR count). The SMILES string of the molecule is O=S(=O)(c1ccc(Cl)c(Cl)c1)N1CCCCC1C1OCCO1. The van der Waals surface area contributed by atoms with Gasteiger partial charge in [-0.1, -0.05) is 29.6 Å². The first-order valence-corrected chi connectivity index (χ1v) is 9.40. The second kappa shape index (κ2) is 6.63. The molecule has 1 aromatic rings. The molecule has 2 fully saturated rings. The van der Waals surface area contributed by atoms with E-state index in [2.05, 4.69) is 0 Å². The molecule has 0 saturated carbocycles. The monoisotopic (exact) mass is 365 g/mol. The average molecular weight is 366 g/mol. The summed E-state index contributed by atoms with van der Waals surface area (Å²) in [6.07, 6.45) is 2.02. The Morgan fingerprint density at radius 3 is 2.50 bits per heavy atom. The molecule has 5 nitrogen and oxygen atoms in total. The molecule has 1 aromatic carbocycles. The summed E-state index contributed by atoms with van der Waals surface area (Å²) in [5.41, 5.74) is 0. The molecule has 0 radical (unpaired) electrons. The lowest BCUT2D eigenvalue weighted by molar-refractivity contribution is -0.0913. The van der Waals surface area contributed by atoms with E-state index in [4.69, 9.17) is 32.7 Å². The Morgan fingerprint density at radius 2 is 1.82 bits per heavy atom. The van der Waals surface area contributed by atoms with Crippen molar-refractivity contribution >= 4 is 33.2 Å². The summed E-state index contributed by atoms with van der Waals surface area (Å²) in [6, 6.07) is 4.07. The molecule has 0 spiro atoms. The number of ether oxygens (including phenoxy) is 2. The van der Waals surface area contributed by atoms with Gasteiger partial charge < -0.3 is 9.47 Å². The molecule has 0 aromatic heterocycles. The molecule has 0 N–H and O–H groups in total. The van der Waals surface area contributed by atoms with Crippen LogP contribution in [-0.4, -0.2) is 44.8 Å². The second-order valence-electron chi connectivity index (χ2n) is 5.36. The molecular weight excluding hydrogens is 349 g/mol. The smallest absolute Gasteiger partial charge is 0.243 e. The molecule has 8 heteroatoms. The van der Waals surface area contributed by atoms with Crippen LogP contribution in [0.1, 0.15) is 19.3 Å². The number of piperidine rings is 1. The normalized spacial score (nSPS) is 24.7. The zero-order chi connectivity index (χ0) is 15.7. The van der Waals surface area contributed by atoms with Crippen molar-refractivity contribution in [3.63, 3.8) is 0 Å². The molecule has 1 unspecified atom stereocenters. The van der Waals surface area contributed by atoms with E-state index in [0.717, 1.165) is 19.3 Å². The minimum absolute atomic E-state index is 0.145. The van der Waals surface area contributed by atoms with Crippen LogP contribution in [0.3, 0.4) is 0 Å². The van der Waals surface area contributed by atoms with E-state index >= 15 is 0 Å². The molecule has 122 valence electrons. The van der Waals surface area contributed by atoms with E-state index in [1.807, 2.05) is 0 Å². The minimum atomic E-state index is -3.66. The molecule has 0 aliphatic carbocycles. The van der Waals surface area contributed by atoms with Crippen LogP contribution in [0, 0.1) is 0 Å². The standard InChI is InChI=1S/C14H17Cl2NO4S/c15-11-5-4-10(9-12(11)16)22(18,19)17-6-2-1-3-13(17)14-20-7-8-21-14/h4-5,9,13-14H,1-3,6-8H2. The first-order valence-electron chi connectivity index (χ1n) is 7.20. The van der Waals surface area contributed by atoms with E-state index in [9.17, 15) is 8.42 Å². The topological polar surface area (TPSA) is 55.8 Å². The van der Waals surface area contributed by atoms with E-state index in [-0.39, 0.29) is 16.0 Å². The zero-order valence-electron chi connectivity index (χ0n) is 11.9. The fourth-order valence-corrected chi connectivity index (χ4v) is 4.94. The van der Waals surface area contributed by atoms with Crippen molar-refractivity contribution in [2.24, 2.45) is 0 Å². The molecule has 22 heavy (non-hydrogen) atoms. The molecule has 2 saturated heterocycles. The quantitative estimate of drug-likeness (QED) is 0.826. The van der Waals surface area contributed by atoms with Crippen molar-refractivity contribution in [1.82, 2.24) is 4.31 Å². The van der Waals surface area contributed by atoms with Gasteiger partial charge in [0.15, 0.2) is 6.29 Å². The van der Waals surface area contributed by atoms with Gasteiger partial charge in [-0.05, 0) is 31.0 Å². The Labute approximate surface area is 140 Å². The summed E-state index contributed by atoms with van der Waals surface area (Å²) < 4.78 is 38.4. The molecular formula is C14H17Cl2NO4S. The Bertz CT molecular complexity index is 646. The number of hydrogen-bond donors (Lipinski definition) is 0. The van der Waals surface area contributed by atoms with Crippen LogP contribution < -0.4 is 0 Å². The lowest BCUT2D eigenvalue weighted by Crippen LogP contribution is -2.50. The van der Waals surface area contributed by atoms with Crippen LogP contribution in [-0.2, 0) is 19.5 Å². The van der Waals surface area contributed by atoms with Crippen molar-refractivity contribution in [3.8, 4) is 0 Å². The highest BCUT2D eigenvalue weighted by atomic mass is 35.5. The highest BCUT2D eigenvalue weighted by Crippen LogP contribution is 2.32. The number of benzene rings is 1. The van der Waals surface area contributed by atoms with Crippen LogP contribution in [0.15, 0.2) is 23.1 Å². The Hall–Kier alpha value is -0.370. The van der Waals surface area contributed by atoms with Gasteiger partial charge in [0.1, 0.15) is 0 Å². The first-order chi connectivity index (χ1) is 10.5. The summed E-state index contributed by atoms with van der Waals surface area (Å²) in [7, 11) is -3.66. The van der Waals surface area contributed by atoms with Crippen molar-refractivity contribution < 1.29 is 17.9 Å². The predicted molar refractivity (Wildman–Crippen MR) is 83.7 cm³/mol. The lowest BCUT2D eigenvalue weighted by atomic mass is 10.0. The van der Waals surface area contributed by atoms with Gasteiger partial charge in [0.25, 0.3) is 0 Å². The number of sulfonamides is 1. The third-order valence-corrected chi connectivity index (χ3v) is 6.62. The van der Waals surface area contributed by atoms with Crippen molar-refractivity contribution in [2.45, 2.75) is 36.5 Å². The molecule has 2 aliphatic rings. The molecule has 2 heterocycles. The maximum Gasteiger partial charge on any atom is 0.243 e. The van der Waals surface area contributed by atoms with Crippen molar-refractivity contribution in [3.05, 3.63) is 28.2 Å². The summed E-state index contributed by atoms with van der Waals surface area (Å²) >= 11 is 11.8. The Morgan fingerprint density at radius 1 is 1.09 bits per heavy atom. The van der Waals surface area contributed by atoms with Gasteiger partial charge in [-0.3, -0.25) is 0 Å². The fraction of sp³-hybridized carbons (Fsp3) is 0.571. The second-order valence-corrected chi connectivity index (χ2v) is 8.07. The van der Waals surface area contributed by atoms with E-state index in [1.54, 1.807) is 0 Å². The first kappa shape index (κ1) is 16.5. The average Bonchev–Trinajstić information content (AvgIpc) is 3.04. The van der Waals surface area contributed by atoms with E-state index in [1.165, 1.54) is 22.5 Å². The van der Waals surface area contributed by atoms with Crippen LogP contribution >= 0.6 is 23.2 Å². The van der Waals surface area contributed by atoms with Gasteiger partial charge in [-0.25, -0.2) is 8.42 Å². The Kier molecular flexibility index (Phi) is 4.97. The maximum absolute atomic E-state index is 12.9. The fourth-order valence-electron chi connectivity index (χ4n) is 2.87. The maximum atomic E-state index is 12.9. The van der Waals surface area contributed by atoms with Crippen LogP contribution in [0.2, 0.25) is 10.0 Å². The zero-order valence-corrected chi connectivity index (χ0v) is 14.2. The lowest BCUT2D eigenvalue weighted by Gasteiger charge is -2.36. The molecule has 2 aliphatic heterocycles. The third-order valence-electron chi connectivity index (χ3n) is 3.96. The van der Waals surface area contributed by atoms with Gasteiger partial charge >= 0.3 is 0 Å². The Balaban J connectivity index is 1.92. The van der Waals surface area contributed by atoms with Gasteiger partial charge in [0.05, 0.1) is 34.2 Å². The summed E-state index contributed by atoms with van der Waals surface area (Å²) in [6.45, 7) is 1.46. The highest BCUT2D eigenvalue weighted by Gasteiger charge is 2.40. The van der Waals surface area contributed by atoms with Gasteiger partial charge in [-0.2, -0.15) is 4.31 Å². The summed E-state index contributed by atoms with van der Waals surface area (Å²) in [5, 5.41) is 0.558. The van der Waals surface area contributed by atoms with Gasteiger partial charge in [0, 0.05) is 6.54 Å². The number of hydrogen-bond acceptors (Lipinski definition) is 4. The largest absolute Gasteiger partial charge is 0.349 e. The predicted octanol–water partition coefficient (Wildman–Crippen LogP) is 2.91. The number of nitrogens with zero attached hydrogens (tertiary/aromatic N) is 1. The molecule has 1 atom stereocenters. The van der Waals surface area contributed by atoms with Gasteiger partial charge in [-0.15, -0.1) is 0 Å². The summed E-state index contributed by atoms with van der Waals surface area (Å²) in [4.78, 5) is 0.145. The van der Waals surface area contributed by atoms with E-state index in [0.29, 0.717) is 24.8 Å². The third kappa shape index (κ3) is 3.13. The van der Waals surface area contributed by atoms with E-state index < -0.39 is 16.3 Å². The molecule has 0 amide bonds. The van der Waals surface area contributed by atoms with Gasteiger partial charge in [0.2, 0.25) is 10.0 Å². The number of rotatable bonds is 3. The van der Waals surface area contributed by atoms with Crippen LogP contribution in [0.25, 0.3) is 0 Å². The number of halogens is 2. The minimum Gasteiger partial charge on any atom is -0.349 e.